The highest BCUT2D eigenvalue weighted by Gasteiger charge is 2.60. The first-order chi connectivity index (χ1) is 11.8. The minimum Gasteiger partial charge on any atom is -0.292 e. The number of aromatic nitrogens is 1. The average molecular weight is 369 g/mol. The summed E-state index contributed by atoms with van der Waals surface area (Å²) in [5.41, 5.74) is -1.62. The number of hydrogen-bond acceptors (Lipinski definition) is 3. The normalized spacial score (nSPS) is 24.2. The van der Waals surface area contributed by atoms with Gasteiger partial charge in [0.1, 0.15) is 11.1 Å². The summed E-state index contributed by atoms with van der Waals surface area (Å²) in [7, 11) is -2.03. The quantitative estimate of drug-likeness (QED) is 0.716. The third-order valence-corrected chi connectivity index (χ3v) is 6.92. The molecule has 0 N–H and O–H groups in total. The van der Waals surface area contributed by atoms with Crippen LogP contribution in [0, 0.1) is 5.82 Å². The molecule has 8 heteroatoms. The van der Waals surface area contributed by atoms with Gasteiger partial charge >= 0.3 is 6.18 Å². The number of carbonyl (C=O) groups excluding carboxylic acids is 1. The van der Waals surface area contributed by atoms with Crippen LogP contribution in [0.4, 0.5) is 17.6 Å². The molecule has 0 saturated heterocycles. The largest absolute Gasteiger partial charge is 0.416 e. The van der Waals surface area contributed by atoms with Crippen LogP contribution < -0.4 is 0 Å². The fourth-order valence-electron chi connectivity index (χ4n) is 3.37. The van der Waals surface area contributed by atoms with Crippen molar-refractivity contribution in [1.82, 2.24) is 4.98 Å². The summed E-state index contributed by atoms with van der Waals surface area (Å²) in [5.74, 6) is -1.96. The second-order valence-corrected chi connectivity index (χ2v) is 7.98. The first kappa shape index (κ1) is 16.4. The second kappa shape index (κ2) is 5.20. The standard InChI is InChI=1S/C17H11F4NO2S/c18-11-5-1-4-10(17(19,20)21)12(11)14-13(23)9-3-2-8-22-15(9)16(6-7-16)25(14)24/h1-5,8,14H,6-7H2. The van der Waals surface area contributed by atoms with Crippen LogP contribution in [0.3, 0.4) is 0 Å². The van der Waals surface area contributed by atoms with Crippen molar-refractivity contribution in [2.24, 2.45) is 0 Å². The van der Waals surface area contributed by atoms with E-state index in [9.17, 15) is 26.6 Å². The van der Waals surface area contributed by atoms with Crippen molar-refractivity contribution in [3.8, 4) is 0 Å². The zero-order valence-electron chi connectivity index (χ0n) is 12.6. The maximum absolute atomic E-state index is 14.4. The Morgan fingerprint density at radius 1 is 1.16 bits per heavy atom. The molecule has 1 aromatic heterocycles. The van der Waals surface area contributed by atoms with Gasteiger partial charge in [-0.3, -0.25) is 14.0 Å². The number of nitrogens with zero attached hydrogens (tertiary/aromatic N) is 1. The van der Waals surface area contributed by atoms with Gasteiger partial charge in [0, 0.05) is 28.1 Å². The van der Waals surface area contributed by atoms with Gasteiger partial charge in [0.2, 0.25) is 0 Å². The van der Waals surface area contributed by atoms with Crippen LogP contribution in [0.1, 0.15) is 45.3 Å². The Kier molecular flexibility index (Phi) is 3.41. The third-order valence-electron chi connectivity index (χ3n) is 4.67. The lowest BCUT2D eigenvalue weighted by Gasteiger charge is -2.30. The Balaban J connectivity index is 1.97. The summed E-state index contributed by atoms with van der Waals surface area (Å²) >= 11 is 0. The molecule has 2 heterocycles. The molecule has 2 unspecified atom stereocenters. The first-order valence-corrected chi connectivity index (χ1v) is 8.75. The molecule has 130 valence electrons. The molecule has 1 spiro atoms. The van der Waals surface area contributed by atoms with Crippen LogP contribution in [-0.2, 0) is 21.7 Å². The second-order valence-electron chi connectivity index (χ2n) is 6.13. The Morgan fingerprint density at radius 3 is 2.52 bits per heavy atom. The van der Waals surface area contributed by atoms with E-state index in [2.05, 4.69) is 4.98 Å². The van der Waals surface area contributed by atoms with E-state index in [1.165, 1.54) is 18.3 Å². The minimum atomic E-state index is -4.85. The van der Waals surface area contributed by atoms with Crippen LogP contribution in [0.25, 0.3) is 0 Å². The number of rotatable bonds is 1. The Labute approximate surface area is 142 Å². The molecule has 0 bridgehead atoms. The lowest BCUT2D eigenvalue weighted by Crippen LogP contribution is -2.36. The Bertz CT molecular complexity index is 921. The molecule has 1 aromatic carbocycles. The van der Waals surface area contributed by atoms with Crippen molar-refractivity contribution in [3.63, 3.8) is 0 Å². The average Bonchev–Trinajstić information content (AvgIpc) is 3.36. The van der Waals surface area contributed by atoms with Gasteiger partial charge in [-0.05, 0) is 37.1 Å². The molecule has 1 aliphatic heterocycles. The van der Waals surface area contributed by atoms with Gasteiger partial charge in [-0.1, -0.05) is 6.07 Å². The number of benzene rings is 1. The number of alkyl halides is 3. The van der Waals surface area contributed by atoms with Gasteiger partial charge in [-0.15, -0.1) is 0 Å². The van der Waals surface area contributed by atoms with E-state index in [0.717, 1.165) is 12.1 Å². The van der Waals surface area contributed by atoms with Crippen LogP contribution in [0.5, 0.6) is 0 Å². The van der Waals surface area contributed by atoms with Gasteiger partial charge in [0.15, 0.2) is 5.78 Å². The molecule has 2 atom stereocenters. The van der Waals surface area contributed by atoms with E-state index < -0.39 is 49.7 Å². The number of fused-ring (bicyclic) bond motifs is 2. The topological polar surface area (TPSA) is 47.0 Å². The molecule has 2 aliphatic rings. The van der Waals surface area contributed by atoms with Crippen LogP contribution >= 0.6 is 0 Å². The van der Waals surface area contributed by atoms with E-state index in [1.807, 2.05) is 0 Å². The SMILES string of the molecule is O=C1c2cccnc2C2(CC2)S(=O)C1c1c(F)cccc1C(F)(F)F. The van der Waals surface area contributed by atoms with Crippen LogP contribution in [0.15, 0.2) is 36.5 Å². The molecule has 1 saturated carbocycles. The lowest BCUT2D eigenvalue weighted by molar-refractivity contribution is -0.138. The van der Waals surface area contributed by atoms with E-state index in [0.29, 0.717) is 24.6 Å². The summed E-state index contributed by atoms with van der Waals surface area (Å²) in [6.45, 7) is 0. The van der Waals surface area contributed by atoms with Gasteiger partial charge < -0.3 is 0 Å². The Hall–Kier alpha value is -2.09. The summed E-state index contributed by atoms with van der Waals surface area (Å²) < 4.78 is 66.5. The summed E-state index contributed by atoms with van der Waals surface area (Å²) in [4.78, 5) is 16.9. The van der Waals surface area contributed by atoms with Crippen LogP contribution in [-0.4, -0.2) is 15.0 Å². The fourth-order valence-corrected chi connectivity index (χ4v) is 5.45. The Morgan fingerprint density at radius 2 is 1.88 bits per heavy atom. The molecule has 1 fully saturated rings. The van der Waals surface area contributed by atoms with E-state index in [-0.39, 0.29) is 5.56 Å². The monoisotopic (exact) mass is 369 g/mol. The summed E-state index contributed by atoms with van der Waals surface area (Å²) in [6, 6.07) is 5.43. The van der Waals surface area contributed by atoms with Gasteiger partial charge in [-0.25, -0.2) is 4.39 Å². The predicted octanol–water partition coefficient (Wildman–Crippen LogP) is 3.91. The number of hydrogen-bond donors (Lipinski definition) is 0. The van der Waals surface area contributed by atoms with Gasteiger partial charge in [0.25, 0.3) is 0 Å². The number of ketones is 1. The molecule has 25 heavy (non-hydrogen) atoms. The molecule has 4 rings (SSSR count). The third kappa shape index (κ3) is 2.27. The van der Waals surface area contributed by atoms with Crippen molar-refractivity contribution < 1.29 is 26.6 Å². The van der Waals surface area contributed by atoms with E-state index in [1.54, 1.807) is 0 Å². The van der Waals surface area contributed by atoms with E-state index in [4.69, 9.17) is 0 Å². The highest BCUT2D eigenvalue weighted by Crippen LogP contribution is 2.58. The minimum absolute atomic E-state index is 0.126. The van der Waals surface area contributed by atoms with Gasteiger partial charge in [0.05, 0.1) is 16.0 Å². The molecule has 2 aromatic rings. The van der Waals surface area contributed by atoms with Gasteiger partial charge in [-0.2, -0.15) is 13.2 Å². The van der Waals surface area contributed by atoms with Crippen molar-refractivity contribution in [1.29, 1.82) is 0 Å². The van der Waals surface area contributed by atoms with Crippen LogP contribution in [0.2, 0.25) is 0 Å². The van der Waals surface area contributed by atoms with Crippen molar-refractivity contribution in [2.75, 3.05) is 0 Å². The summed E-state index contributed by atoms with van der Waals surface area (Å²) in [6.07, 6.45) is -2.51. The lowest BCUT2D eigenvalue weighted by atomic mass is 9.94. The smallest absolute Gasteiger partial charge is 0.292 e. The maximum Gasteiger partial charge on any atom is 0.416 e. The zero-order chi connectivity index (χ0) is 18.0. The highest BCUT2D eigenvalue weighted by atomic mass is 32.2. The molecule has 0 amide bonds. The predicted molar refractivity (Wildman–Crippen MR) is 81.8 cm³/mol. The first-order valence-electron chi connectivity index (χ1n) is 7.53. The molecular weight excluding hydrogens is 358 g/mol. The van der Waals surface area contributed by atoms with Crippen molar-refractivity contribution in [2.45, 2.75) is 29.0 Å². The molecule has 0 radical (unpaired) electrons. The molecular formula is C17H11F4NO2S. The number of halogens is 4. The van der Waals surface area contributed by atoms with Crippen molar-refractivity contribution >= 4 is 16.6 Å². The zero-order valence-corrected chi connectivity index (χ0v) is 13.5. The summed E-state index contributed by atoms with van der Waals surface area (Å²) in [5, 5.41) is -1.68. The van der Waals surface area contributed by atoms with Crippen molar-refractivity contribution in [3.05, 3.63) is 64.7 Å². The number of carbonyl (C=O) groups is 1. The molecule has 1 aliphatic carbocycles. The van der Waals surface area contributed by atoms with E-state index >= 15 is 0 Å². The number of pyridine rings is 1. The maximum atomic E-state index is 14.4. The fraction of sp³-hybridized carbons (Fsp3) is 0.294. The number of Topliss-reactive ketones (excluding diaryl/α,β-unsaturated/α-hetero) is 1. The highest BCUT2D eigenvalue weighted by molar-refractivity contribution is 7.87. The molecule has 3 nitrogen and oxygen atoms in total.